The molecule has 28 heavy (non-hydrogen) atoms. The molecule has 2 N–H and O–H groups in total. The number of methoxy groups -OCH3 is 1. The second-order valence-electron chi connectivity index (χ2n) is 7.28. The van der Waals surface area contributed by atoms with Crippen molar-refractivity contribution in [2.24, 2.45) is 0 Å². The fourth-order valence-electron chi connectivity index (χ4n) is 3.74. The molecule has 0 saturated heterocycles. The van der Waals surface area contributed by atoms with Gasteiger partial charge in [-0.05, 0) is 31.2 Å². The van der Waals surface area contributed by atoms with Crippen molar-refractivity contribution in [3.05, 3.63) is 59.0 Å². The summed E-state index contributed by atoms with van der Waals surface area (Å²) in [6, 6.07) is 11.5. The van der Waals surface area contributed by atoms with Crippen LogP contribution in [0, 0.1) is 0 Å². The second kappa shape index (κ2) is 9.06. The van der Waals surface area contributed by atoms with Crippen LogP contribution in [0.5, 0.6) is 0 Å². The van der Waals surface area contributed by atoms with Gasteiger partial charge in [0, 0.05) is 32.2 Å². The fraction of sp³-hybridized carbons (Fsp3) is 0.455. The van der Waals surface area contributed by atoms with Gasteiger partial charge in [-0.1, -0.05) is 37.3 Å². The van der Waals surface area contributed by atoms with Gasteiger partial charge in [0.05, 0.1) is 11.7 Å². The van der Waals surface area contributed by atoms with Crippen molar-refractivity contribution in [1.29, 1.82) is 0 Å². The number of benzene rings is 1. The normalized spacial score (nSPS) is 20.4. The maximum atomic E-state index is 13.0. The summed E-state index contributed by atoms with van der Waals surface area (Å²) in [7, 11) is 3.27. The lowest BCUT2D eigenvalue weighted by atomic mass is 9.92. The smallest absolute Gasteiger partial charge is 0.286 e. The lowest BCUT2D eigenvalue weighted by Crippen LogP contribution is -2.39. The minimum atomic E-state index is -0.346. The van der Waals surface area contributed by atoms with Gasteiger partial charge in [-0.2, -0.15) is 0 Å². The first kappa shape index (κ1) is 20.1. The van der Waals surface area contributed by atoms with Crippen LogP contribution in [-0.4, -0.2) is 38.1 Å². The molecule has 1 atom stereocenters. The number of hydrogen-bond acceptors (Lipinski definition) is 4. The third-order valence-electron chi connectivity index (χ3n) is 5.49. The summed E-state index contributed by atoms with van der Waals surface area (Å²) in [5.41, 5.74) is 1.44. The molecule has 150 valence electrons. The molecule has 1 fully saturated rings. The first-order chi connectivity index (χ1) is 13.5. The van der Waals surface area contributed by atoms with Gasteiger partial charge in [0.25, 0.3) is 11.8 Å². The van der Waals surface area contributed by atoms with Crippen LogP contribution in [0.2, 0.25) is 0 Å². The first-order valence-corrected chi connectivity index (χ1v) is 9.77. The average molecular weight is 384 g/mol. The number of carbonyl (C=O) groups is 2. The van der Waals surface area contributed by atoms with Crippen molar-refractivity contribution in [2.75, 3.05) is 14.2 Å². The Morgan fingerprint density at radius 3 is 2.39 bits per heavy atom. The lowest BCUT2D eigenvalue weighted by Gasteiger charge is -2.28. The highest BCUT2D eigenvalue weighted by molar-refractivity contribution is 5.99. The van der Waals surface area contributed by atoms with Crippen molar-refractivity contribution in [1.82, 2.24) is 10.6 Å². The molecule has 0 aliphatic heterocycles. The number of rotatable bonds is 6. The van der Waals surface area contributed by atoms with Gasteiger partial charge in [0.2, 0.25) is 0 Å². The van der Waals surface area contributed by atoms with Gasteiger partial charge in [-0.3, -0.25) is 9.59 Å². The average Bonchev–Trinajstić information content (AvgIpc) is 3.19. The van der Waals surface area contributed by atoms with E-state index in [2.05, 4.69) is 10.6 Å². The first-order valence-electron chi connectivity index (χ1n) is 9.77. The van der Waals surface area contributed by atoms with Crippen molar-refractivity contribution < 1.29 is 18.7 Å². The molecule has 1 unspecified atom stereocenters. The zero-order valence-corrected chi connectivity index (χ0v) is 16.7. The van der Waals surface area contributed by atoms with E-state index < -0.39 is 0 Å². The van der Waals surface area contributed by atoms with E-state index in [0.29, 0.717) is 11.3 Å². The Morgan fingerprint density at radius 1 is 1.11 bits per heavy atom. The topological polar surface area (TPSA) is 80.6 Å². The van der Waals surface area contributed by atoms with Gasteiger partial charge >= 0.3 is 0 Å². The quantitative estimate of drug-likeness (QED) is 0.799. The van der Waals surface area contributed by atoms with E-state index in [1.54, 1.807) is 20.2 Å². The Balaban J connectivity index is 1.83. The van der Waals surface area contributed by atoms with Crippen molar-refractivity contribution in [3.63, 3.8) is 0 Å². The van der Waals surface area contributed by atoms with Crippen LogP contribution < -0.4 is 10.6 Å². The third kappa shape index (κ3) is 4.44. The van der Waals surface area contributed by atoms with E-state index >= 15 is 0 Å². The van der Waals surface area contributed by atoms with Gasteiger partial charge in [0.15, 0.2) is 5.76 Å². The van der Waals surface area contributed by atoms with E-state index in [1.165, 1.54) is 0 Å². The zero-order valence-electron chi connectivity index (χ0n) is 16.7. The Morgan fingerprint density at radius 2 is 1.79 bits per heavy atom. The highest BCUT2D eigenvalue weighted by atomic mass is 16.5. The molecule has 2 amide bonds. The number of nitrogens with one attached hydrogen (secondary N) is 2. The van der Waals surface area contributed by atoms with E-state index in [0.717, 1.165) is 31.2 Å². The Hall–Kier alpha value is -2.60. The van der Waals surface area contributed by atoms with Crippen LogP contribution in [0.1, 0.15) is 70.8 Å². The van der Waals surface area contributed by atoms with E-state index in [-0.39, 0.29) is 35.6 Å². The molecule has 3 rings (SSSR count). The number of ether oxygens (including phenoxy) is 1. The van der Waals surface area contributed by atoms with Crippen LogP contribution in [0.15, 0.2) is 40.8 Å². The Kier molecular flexibility index (Phi) is 6.52. The molecule has 6 nitrogen and oxygen atoms in total. The highest BCUT2D eigenvalue weighted by Gasteiger charge is 2.28. The molecule has 1 aromatic heterocycles. The molecular formula is C22H28N2O4. The molecule has 1 aliphatic carbocycles. The number of hydrogen-bond donors (Lipinski definition) is 2. The van der Waals surface area contributed by atoms with Gasteiger partial charge in [-0.15, -0.1) is 0 Å². The minimum absolute atomic E-state index is 0.108. The fourth-order valence-corrected chi connectivity index (χ4v) is 3.74. The van der Waals surface area contributed by atoms with Crippen molar-refractivity contribution in [3.8, 4) is 0 Å². The molecule has 1 heterocycles. The van der Waals surface area contributed by atoms with Gasteiger partial charge in [-0.25, -0.2) is 0 Å². The molecule has 0 spiro atoms. The maximum absolute atomic E-state index is 13.0. The van der Waals surface area contributed by atoms with Crippen LogP contribution >= 0.6 is 0 Å². The Bertz CT molecular complexity index is 807. The van der Waals surface area contributed by atoms with E-state index in [4.69, 9.17) is 9.15 Å². The molecule has 0 bridgehead atoms. The van der Waals surface area contributed by atoms with Gasteiger partial charge in [0.1, 0.15) is 5.76 Å². The SMILES string of the molecule is CNC(=O)c1cc(C(=O)NC2CCC(OC)CC2)c(C(C)c2ccccc2)o1. The summed E-state index contributed by atoms with van der Waals surface area (Å²) >= 11 is 0. The molecule has 1 aliphatic rings. The van der Waals surface area contributed by atoms with Crippen LogP contribution in [0.4, 0.5) is 0 Å². The van der Waals surface area contributed by atoms with Crippen LogP contribution in [0.3, 0.4) is 0 Å². The van der Waals surface area contributed by atoms with E-state index in [1.807, 2.05) is 37.3 Å². The zero-order chi connectivity index (χ0) is 20.1. The largest absolute Gasteiger partial charge is 0.454 e. The summed E-state index contributed by atoms with van der Waals surface area (Å²) < 4.78 is 11.2. The molecule has 1 saturated carbocycles. The Labute approximate surface area is 165 Å². The lowest BCUT2D eigenvalue weighted by molar-refractivity contribution is 0.0599. The summed E-state index contributed by atoms with van der Waals surface area (Å²) in [5.74, 6) is -0.0373. The number of carbonyl (C=O) groups excluding carboxylic acids is 2. The summed E-state index contributed by atoms with van der Waals surface area (Å²) in [4.78, 5) is 25.1. The van der Waals surface area contributed by atoms with Gasteiger partial charge < -0.3 is 19.8 Å². The van der Waals surface area contributed by atoms with Crippen molar-refractivity contribution in [2.45, 2.75) is 50.7 Å². The summed E-state index contributed by atoms with van der Waals surface area (Å²) in [6.45, 7) is 1.97. The predicted octanol–water partition coefficient (Wildman–Crippen LogP) is 3.48. The second-order valence-corrected chi connectivity index (χ2v) is 7.28. The molecule has 1 aromatic carbocycles. The molecule has 6 heteroatoms. The number of amides is 2. The van der Waals surface area contributed by atoms with E-state index in [9.17, 15) is 9.59 Å². The highest BCUT2D eigenvalue weighted by Crippen LogP contribution is 2.30. The third-order valence-corrected chi connectivity index (χ3v) is 5.49. The number of furan rings is 1. The minimum Gasteiger partial charge on any atom is -0.454 e. The molecule has 0 radical (unpaired) electrons. The maximum Gasteiger partial charge on any atom is 0.286 e. The van der Waals surface area contributed by atoms with Crippen LogP contribution in [-0.2, 0) is 4.74 Å². The molecule has 2 aromatic rings. The predicted molar refractivity (Wildman–Crippen MR) is 107 cm³/mol. The monoisotopic (exact) mass is 384 g/mol. The molecular weight excluding hydrogens is 356 g/mol. The van der Waals surface area contributed by atoms with Crippen LogP contribution in [0.25, 0.3) is 0 Å². The summed E-state index contributed by atoms with van der Waals surface area (Å²) in [6.07, 6.45) is 3.91. The summed E-state index contributed by atoms with van der Waals surface area (Å²) in [5, 5.41) is 5.66. The van der Waals surface area contributed by atoms with Crippen molar-refractivity contribution >= 4 is 11.8 Å². The standard InChI is InChI=1S/C22H28N2O4/c1-14(15-7-5-4-6-8-15)20-18(13-19(28-20)22(26)23-2)21(25)24-16-9-11-17(27-3)12-10-16/h4-8,13-14,16-17H,9-12H2,1-3H3,(H,23,26)(H,24,25).